The molecule has 0 aliphatic carbocycles. The van der Waals surface area contributed by atoms with E-state index in [1.165, 1.54) is 69.8 Å². The minimum Gasteiger partial charge on any atom is -0.0654 e. The van der Waals surface area contributed by atoms with Gasteiger partial charge in [0.15, 0.2) is 0 Å². The maximum Gasteiger partial charge on any atom is -0.0146 e. The first-order valence-electron chi connectivity index (χ1n) is 8.31. The van der Waals surface area contributed by atoms with Crippen molar-refractivity contribution in [2.24, 2.45) is 0 Å². The highest BCUT2D eigenvalue weighted by atomic mass is 14.1. The molecule has 1 radical (unpaired) electrons. The van der Waals surface area contributed by atoms with Crippen LogP contribution in [0.25, 0.3) is 0 Å². The number of hydrogen-bond donors (Lipinski definition) is 0. The summed E-state index contributed by atoms with van der Waals surface area (Å²) in [7, 11) is 0. The Morgan fingerprint density at radius 2 is 1.53 bits per heavy atom. The lowest BCUT2D eigenvalue weighted by Crippen LogP contribution is -1.93. The Kier molecular flexibility index (Phi) is 9.49. The smallest absolute Gasteiger partial charge is 0.0146 e. The van der Waals surface area contributed by atoms with Crippen LogP contribution in [0.3, 0.4) is 0 Å². The summed E-state index contributed by atoms with van der Waals surface area (Å²) in [5.41, 5.74) is 1.38. The van der Waals surface area contributed by atoms with Crippen molar-refractivity contribution in [2.45, 2.75) is 84.0 Å². The maximum absolute atomic E-state index is 3.35. The van der Waals surface area contributed by atoms with Gasteiger partial charge in [-0.1, -0.05) is 95.9 Å². The van der Waals surface area contributed by atoms with Gasteiger partial charge in [-0.2, -0.15) is 0 Å². The highest BCUT2D eigenvalue weighted by Crippen LogP contribution is 2.21. The first-order valence-corrected chi connectivity index (χ1v) is 8.31. The molecule has 0 aliphatic rings. The zero-order valence-electron chi connectivity index (χ0n) is 13.0. The van der Waals surface area contributed by atoms with E-state index >= 15 is 0 Å². The van der Waals surface area contributed by atoms with Crippen molar-refractivity contribution < 1.29 is 0 Å². The first-order chi connectivity index (χ1) is 9.34. The molecule has 0 heterocycles. The van der Waals surface area contributed by atoms with Crippen LogP contribution in [0, 0.1) is 6.07 Å². The predicted octanol–water partition coefficient (Wildman–Crippen LogP) is 6.51. The molecule has 0 heteroatoms. The molecule has 1 aromatic carbocycles. The lowest BCUT2D eigenvalue weighted by Gasteiger charge is -2.11. The topological polar surface area (TPSA) is 0 Å². The first kappa shape index (κ1) is 16.3. The standard InChI is InChI=1S/C19H31/c1-3-4-5-6-7-8-9-10-12-15-18(2)19-16-13-11-14-17-19/h11,13-14,16,18H,3-10,12,15H2,1-2H3. The second kappa shape index (κ2) is 11.1. The minimum atomic E-state index is 0.672. The van der Waals surface area contributed by atoms with Crippen LogP contribution in [-0.2, 0) is 0 Å². The summed E-state index contributed by atoms with van der Waals surface area (Å²) >= 11 is 0. The van der Waals surface area contributed by atoms with Gasteiger partial charge in [-0.05, 0) is 24.0 Å². The zero-order valence-corrected chi connectivity index (χ0v) is 13.0. The Labute approximate surface area is 120 Å². The van der Waals surface area contributed by atoms with Crippen LogP contribution in [0.2, 0.25) is 0 Å². The second-order valence-electron chi connectivity index (χ2n) is 5.84. The van der Waals surface area contributed by atoms with Gasteiger partial charge in [0, 0.05) is 0 Å². The maximum atomic E-state index is 3.35. The lowest BCUT2D eigenvalue weighted by molar-refractivity contribution is 0.538. The number of unbranched alkanes of at least 4 members (excludes halogenated alkanes) is 8. The molecule has 0 aromatic heterocycles. The van der Waals surface area contributed by atoms with E-state index < -0.39 is 0 Å². The number of benzene rings is 1. The molecule has 1 rings (SSSR count). The molecule has 1 aromatic rings. The Hall–Kier alpha value is -0.780. The molecule has 0 aliphatic heterocycles. The van der Waals surface area contributed by atoms with Crippen LogP contribution in [0.5, 0.6) is 0 Å². The van der Waals surface area contributed by atoms with Gasteiger partial charge in [-0.3, -0.25) is 0 Å². The monoisotopic (exact) mass is 259 g/mol. The Bertz CT molecular complexity index is 288. The fraction of sp³-hybridized carbons (Fsp3) is 0.684. The van der Waals surface area contributed by atoms with E-state index in [4.69, 9.17) is 0 Å². The van der Waals surface area contributed by atoms with E-state index in [9.17, 15) is 0 Å². The lowest BCUT2D eigenvalue weighted by atomic mass is 9.95. The van der Waals surface area contributed by atoms with Crippen LogP contribution in [0.4, 0.5) is 0 Å². The van der Waals surface area contributed by atoms with Gasteiger partial charge in [0.1, 0.15) is 0 Å². The van der Waals surface area contributed by atoms with Gasteiger partial charge in [-0.25, -0.2) is 0 Å². The van der Waals surface area contributed by atoms with Crippen LogP contribution in [0.1, 0.15) is 89.5 Å². The van der Waals surface area contributed by atoms with E-state index in [-0.39, 0.29) is 0 Å². The number of hydrogen-bond acceptors (Lipinski definition) is 0. The van der Waals surface area contributed by atoms with Crippen molar-refractivity contribution in [3.63, 3.8) is 0 Å². The third-order valence-electron chi connectivity index (χ3n) is 4.00. The molecule has 0 saturated carbocycles. The highest BCUT2D eigenvalue weighted by molar-refractivity contribution is 5.16. The average Bonchev–Trinajstić information content (AvgIpc) is 2.46. The molecule has 0 saturated heterocycles. The van der Waals surface area contributed by atoms with Crippen molar-refractivity contribution in [1.82, 2.24) is 0 Å². The van der Waals surface area contributed by atoms with Gasteiger partial charge in [-0.15, -0.1) is 0 Å². The second-order valence-corrected chi connectivity index (χ2v) is 5.84. The quantitative estimate of drug-likeness (QED) is 0.397. The molecule has 1 atom stereocenters. The van der Waals surface area contributed by atoms with E-state index in [1.54, 1.807) is 0 Å². The average molecular weight is 259 g/mol. The van der Waals surface area contributed by atoms with Gasteiger partial charge in [0.2, 0.25) is 0 Å². The van der Waals surface area contributed by atoms with Gasteiger partial charge in [0.05, 0.1) is 0 Å². The molecule has 107 valence electrons. The van der Waals surface area contributed by atoms with E-state index in [0.29, 0.717) is 5.92 Å². The highest BCUT2D eigenvalue weighted by Gasteiger charge is 2.04. The molecule has 1 unspecified atom stereocenters. The van der Waals surface area contributed by atoms with Crippen molar-refractivity contribution in [2.75, 3.05) is 0 Å². The summed E-state index contributed by atoms with van der Waals surface area (Å²) in [4.78, 5) is 0. The minimum absolute atomic E-state index is 0.672. The van der Waals surface area contributed by atoms with E-state index in [2.05, 4.69) is 38.1 Å². The van der Waals surface area contributed by atoms with E-state index in [0.717, 1.165) is 0 Å². The third kappa shape index (κ3) is 8.08. The molecule has 0 fully saturated rings. The third-order valence-corrected chi connectivity index (χ3v) is 4.00. The van der Waals surface area contributed by atoms with Crippen molar-refractivity contribution in [3.8, 4) is 0 Å². The largest absolute Gasteiger partial charge is 0.0654 e. The summed E-state index contributed by atoms with van der Waals surface area (Å²) in [5.74, 6) is 0.672. The molecular weight excluding hydrogens is 228 g/mol. The fourth-order valence-corrected chi connectivity index (χ4v) is 2.63. The molecule has 0 N–H and O–H groups in total. The zero-order chi connectivity index (χ0) is 13.8. The van der Waals surface area contributed by atoms with Crippen molar-refractivity contribution in [3.05, 3.63) is 35.9 Å². The summed E-state index contributed by atoms with van der Waals surface area (Å²) in [6.07, 6.45) is 14.1. The number of rotatable bonds is 11. The Morgan fingerprint density at radius 1 is 0.895 bits per heavy atom. The van der Waals surface area contributed by atoms with Crippen molar-refractivity contribution >= 4 is 0 Å². The van der Waals surface area contributed by atoms with Gasteiger partial charge >= 0.3 is 0 Å². The normalized spacial score (nSPS) is 12.5. The van der Waals surface area contributed by atoms with Crippen LogP contribution >= 0.6 is 0 Å². The predicted molar refractivity (Wildman–Crippen MR) is 85.5 cm³/mol. The Morgan fingerprint density at radius 3 is 2.11 bits per heavy atom. The summed E-state index contributed by atoms with van der Waals surface area (Å²) in [6, 6.07) is 11.8. The summed E-state index contributed by atoms with van der Waals surface area (Å²) in [6.45, 7) is 4.61. The van der Waals surface area contributed by atoms with E-state index in [1.807, 2.05) is 6.07 Å². The SMILES string of the molecule is CCCCCCCCCCCC(C)c1[c]cccc1. The Balaban J connectivity index is 1.93. The summed E-state index contributed by atoms with van der Waals surface area (Å²) < 4.78 is 0. The molecule has 0 amide bonds. The van der Waals surface area contributed by atoms with Crippen LogP contribution in [0.15, 0.2) is 24.3 Å². The molecule has 0 bridgehead atoms. The molecule has 19 heavy (non-hydrogen) atoms. The molecule has 0 nitrogen and oxygen atoms in total. The molecule has 0 spiro atoms. The molecular formula is C19H31. The van der Waals surface area contributed by atoms with Crippen LogP contribution < -0.4 is 0 Å². The van der Waals surface area contributed by atoms with Crippen molar-refractivity contribution in [1.29, 1.82) is 0 Å². The van der Waals surface area contributed by atoms with Gasteiger partial charge < -0.3 is 0 Å². The fourth-order valence-electron chi connectivity index (χ4n) is 2.63. The summed E-state index contributed by atoms with van der Waals surface area (Å²) in [5, 5.41) is 0. The van der Waals surface area contributed by atoms with Crippen LogP contribution in [-0.4, -0.2) is 0 Å². The van der Waals surface area contributed by atoms with Gasteiger partial charge in [0.25, 0.3) is 0 Å².